The molecule has 10 heteroatoms. The molecule has 4 amide bonds. The molecular weight excluding hydrogens is 463 g/mol. The molecule has 1 aromatic heterocycles. The maximum atomic E-state index is 14.4. The lowest BCUT2D eigenvalue weighted by Crippen LogP contribution is -2.50. The fourth-order valence-electron chi connectivity index (χ4n) is 4.50. The molecule has 1 fully saturated rings. The number of hydrogen-bond donors (Lipinski definition) is 3. The Balaban J connectivity index is 1.87. The topological polar surface area (TPSA) is 121 Å². The Morgan fingerprint density at radius 1 is 1.22 bits per heavy atom. The van der Waals surface area contributed by atoms with Crippen LogP contribution in [0.15, 0.2) is 36.5 Å². The van der Waals surface area contributed by atoms with Crippen LogP contribution in [-0.4, -0.2) is 72.0 Å². The molecule has 2 aromatic rings. The van der Waals surface area contributed by atoms with Crippen LogP contribution in [-0.2, 0) is 9.59 Å². The second kappa shape index (κ2) is 11.4. The van der Waals surface area contributed by atoms with Gasteiger partial charge in [-0.05, 0) is 35.6 Å². The van der Waals surface area contributed by atoms with Gasteiger partial charge < -0.3 is 26.2 Å². The summed E-state index contributed by atoms with van der Waals surface area (Å²) in [6.07, 6.45) is 0.0984. The molecule has 194 valence electrons. The third-order valence-corrected chi connectivity index (χ3v) is 6.39. The number of aromatic nitrogens is 1. The minimum atomic E-state index is -1.34. The lowest BCUT2D eigenvalue weighted by Gasteiger charge is -2.28. The second-order valence-corrected chi connectivity index (χ2v) is 9.64. The molecular formula is C26H35FN6O3. The molecule has 0 spiro atoms. The Labute approximate surface area is 211 Å². The number of aryl methyl sites for hydroxylation is 1. The average Bonchev–Trinajstić information content (AvgIpc) is 3.22. The molecule has 1 aliphatic heterocycles. The number of nitrogen functional groups attached to an aromatic ring is 1. The zero-order valence-electron chi connectivity index (χ0n) is 21.4. The zero-order chi connectivity index (χ0) is 26.6. The maximum Gasteiger partial charge on any atom is 0.317 e. The molecule has 1 aliphatic rings. The molecule has 4 N–H and O–H groups in total. The van der Waals surface area contributed by atoms with Crippen LogP contribution in [0, 0.1) is 6.92 Å². The van der Waals surface area contributed by atoms with Gasteiger partial charge in [0.2, 0.25) is 11.8 Å². The van der Waals surface area contributed by atoms with Crippen molar-refractivity contribution in [3.05, 3.63) is 58.8 Å². The standard InChI is InChI=1S/C26H35FN6O3/c1-15(2)19-9-8-17(11-16(19)3)23(20-7-6-10-29-24(20)28)31-25(35)21-12-18(27)14-33(21)22(34)13-30-26(36)32(4)5/h6-11,15,18,21,23H,12-14H2,1-5H3,(H2,28,29)(H,30,36)(H,31,35)/t18-,21+,23-/m1/s1. The summed E-state index contributed by atoms with van der Waals surface area (Å²) in [4.78, 5) is 44.7. The summed E-state index contributed by atoms with van der Waals surface area (Å²) in [5.74, 6) is -0.424. The van der Waals surface area contributed by atoms with Crippen LogP contribution < -0.4 is 16.4 Å². The predicted molar refractivity (Wildman–Crippen MR) is 136 cm³/mol. The van der Waals surface area contributed by atoms with Crippen LogP contribution in [0.4, 0.5) is 15.0 Å². The highest BCUT2D eigenvalue weighted by Crippen LogP contribution is 2.30. The fraction of sp³-hybridized carbons (Fsp3) is 0.462. The maximum absolute atomic E-state index is 14.4. The van der Waals surface area contributed by atoms with Gasteiger partial charge in [-0.1, -0.05) is 38.1 Å². The molecule has 3 rings (SSSR count). The third kappa shape index (κ3) is 6.10. The number of halogens is 1. The number of amides is 4. The van der Waals surface area contributed by atoms with Crippen molar-refractivity contribution in [2.75, 3.05) is 32.9 Å². The highest BCUT2D eigenvalue weighted by Gasteiger charge is 2.40. The first-order chi connectivity index (χ1) is 17.0. The molecule has 0 unspecified atom stereocenters. The fourth-order valence-corrected chi connectivity index (χ4v) is 4.50. The highest BCUT2D eigenvalue weighted by molar-refractivity contribution is 5.91. The van der Waals surface area contributed by atoms with Crippen molar-refractivity contribution < 1.29 is 18.8 Å². The Kier molecular flexibility index (Phi) is 8.49. The molecule has 2 heterocycles. The van der Waals surface area contributed by atoms with Crippen LogP contribution in [0.2, 0.25) is 0 Å². The molecule has 1 saturated heterocycles. The summed E-state index contributed by atoms with van der Waals surface area (Å²) >= 11 is 0. The minimum absolute atomic E-state index is 0.125. The van der Waals surface area contributed by atoms with Crippen LogP contribution >= 0.6 is 0 Å². The van der Waals surface area contributed by atoms with Gasteiger partial charge in [0.05, 0.1) is 19.1 Å². The van der Waals surface area contributed by atoms with Crippen molar-refractivity contribution in [2.24, 2.45) is 0 Å². The van der Waals surface area contributed by atoms with E-state index < -0.39 is 36.1 Å². The van der Waals surface area contributed by atoms with Crippen molar-refractivity contribution >= 4 is 23.7 Å². The number of rotatable bonds is 7. The van der Waals surface area contributed by atoms with Gasteiger partial charge in [-0.3, -0.25) is 9.59 Å². The number of likely N-dealkylation sites (tertiary alicyclic amines) is 1. The van der Waals surface area contributed by atoms with Crippen LogP contribution in [0.3, 0.4) is 0 Å². The van der Waals surface area contributed by atoms with E-state index in [4.69, 9.17) is 5.73 Å². The molecule has 0 bridgehead atoms. The average molecular weight is 499 g/mol. The monoisotopic (exact) mass is 498 g/mol. The number of pyridine rings is 1. The number of carbonyl (C=O) groups excluding carboxylic acids is 3. The van der Waals surface area contributed by atoms with Gasteiger partial charge in [-0.25, -0.2) is 14.2 Å². The van der Waals surface area contributed by atoms with E-state index in [9.17, 15) is 18.8 Å². The van der Waals surface area contributed by atoms with E-state index in [1.165, 1.54) is 15.4 Å². The third-order valence-electron chi connectivity index (χ3n) is 6.39. The van der Waals surface area contributed by atoms with Gasteiger partial charge in [0.1, 0.15) is 18.0 Å². The van der Waals surface area contributed by atoms with Crippen LogP contribution in [0.5, 0.6) is 0 Å². The molecule has 3 atom stereocenters. The molecule has 1 aromatic carbocycles. The zero-order valence-corrected chi connectivity index (χ0v) is 21.4. The quantitative estimate of drug-likeness (QED) is 0.542. The first-order valence-electron chi connectivity index (χ1n) is 12.0. The van der Waals surface area contributed by atoms with Crippen molar-refractivity contribution in [2.45, 2.75) is 51.4 Å². The largest absolute Gasteiger partial charge is 0.383 e. The van der Waals surface area contributed by atoms with E-state index in [0.717, 1.165) is 11.1 Å². The Morgan fingerprint density at radius 2 is 1.94 bits per heavy atom. The van der Waals surface area contributed by atoms with Gasteiger partial charge in [0.25, 0.3) is 0 Å². The summed E-state index contributed by atoms with van der Waals surface area (Å²) < 4.78 is 14.4. The second-order valence-electron chi connectivity index (χ2n) is 9.64. The van der Waals surface area contributed by atoms with Gasteiger partial charge in [-0.2, -0.15) is 0 Å². The molecule has 0 saturated carbocycles. The van der Waals surface area contributed by atoms with E-state index in [1.54, 1.807) is 32.4 Å². The van der Waals surface area contributed by atoms with Crippen molar-refractivity contribution in [1.29, 1.82) is 0 Å². The number of carbonyl (C=O) groups is 3. The smallest absolute Gasteiger partial charge is 0.317 e. The number of urea groups is 1. The molecule has 0 radical (unpaired) electrons. The van der Waals surface area contributed by atoms with Crippen molar-refractivity contribution in [1.82, 2.24) is 25.4 Å². The number of benzene rings is 1. The first-order valence-corrected chi connectivity index (χ1v) is 12.0. The van der Waals surface area contributed by atoms with Crippen molar-refractivity contribution in [3.63, 3.8) is 0 Å². The van der Waals surface area contributed by atoms with Crippen LogP contribution in [0.1, 0.15) is 54.5 Å². The summed E-state index contributed by atoms with van der Waals surface area (Å²) in [5.41, 5.74) is 9.83. The normalized spacial score (nSPS) is 18.1. The van der Waals surface area contributed by atoms with Gasteiger partial charge in [0, 0.05) is 32.3 Å². The molecule has 0 aliphatic carbocycles. The van der Waals surface area contributed by atoms with Gasteiger partial charge >= 0.3 is 6.03 Å². The van der Waals surface area contributed by atoms with Gasteiger partial charge in [-0.15, -0.1) is 0 Å². The lowest BCUT2D eigenvalue weighted by atomic mass is 9.91. The van der Waals surface area contributed by atoms with Gasteiger partial charge in [0.15, 0.2) is 0 Å². The minimum Gasteiger partial charge on any atom is -0.383 e. The summed E-state index contributed by atoms with van der Waals surface area (Å²) in [6.45, 7) is 5.69. The van der Waals surface area contributed by atoms with E-state index in [0.29, 0.717) is 11.5 Å². The number of alkyl halides is 1. The van der Waals surface area contributed by atoms with E-state index in [-0.39, 0.29) is 25.3 Å². The molecule has 9 nitrogen and oxygen atoms in total. The summed E-state index contributed by atoms with van der Waals surface area (Å²) in [5, 5.41) is 5.45. The number of hydrogen-bond acceptors (Lipinski definition) is 5. The summed E-state index contributed by atoms with van der Waals surface area (Å²) in [7, 11) is 3.09. The van der Waals surface area contributed by atoms with E-state index in [1.807, 2.05) is 25.1 Å². The summed E-state index contributed by atoms with van der Waals surface area (Å²) in [6, 6.07) is 7.37. The Hall–Kier alpha value is -3.69. The highest BCUT2D eigenvalue weighted by atomic mass is 19.1. The number of nitrogens with one attached hydrogen (secondary N) is 2. The Morgan fingerprint density at radius 3 is 2.56 bits per heavy atom. The first kappa shape index (κ1) is 26.9. The molecule has 36 heavy (non-hydrogen) atoms. The van der Waals surface area contributed by atoms with Crippen molar-refractivity contribution in [3.8, 4) is 0 Å². The number of nitrogens with zero attached hydrogens (tertiary/aromatic N) is 3. The number of anilines is 1. The predicted octanol–water partition coefficient (Wildman–Crippen LogP) is 2.51. The lowest BCUT2D eigenvalue weighted by molar-refractivity contribution is -0.137. The SMILES string of the molecule is Cc1cc([C@@H](NC(=O)[C@@H]2C[C@@H](F)CN2C(=O)CNC(=O)N(C)C)c2cccnc2N)ccc1C(C)C. The number of nitrogens with two attached hydrogens (primary N) is 1. The Bertz CT molecular complexity index is 1120. The van der Waals surface area contributed by atoms with E-state index >= 15 is 0 Å². The van der Waals surface area contributed by atoms with Crippen LogP contribution in [0.25, 0.3) is 0 Å². The van der Waals surface area contributed by atoms with E-state index in [2.05, 4.69) is 29.5 Å².